The van der Waals surface area contributed by atoms with E-state index in [-0.39, 0.29) is 0 Å². The molecule has 0 amide bonds. The molecule has 0 bridgehead atoms. The number of unbranched alkanes of at least 4 members (excludes halogenated alkanes) is 1. The van der Waals surface area contributed by atoms with E-state index in [0.29, 0.717) is 0 Å². The quantitative estimate of drug-likeness (QED) is 0.693. The number of ether oxygens (including phenoxy) is 1. The number of fused-ring (bicyclic) bond motifs is 3. The standard InChI is InChI=1S/C15H18N2OS2/c1-10-17-14-13(20-10)9-12(11-5-8-19-15(11)14)18-7-4-3-6-16-2/h5,8-9,16H,3-4,6-7H2,1-2H3. The minimum Gasteiger partial charge on any atom is -0.493 e. The summed E-state index contributed by atoms with van der Waals surface area (Å²) in [6.07, 6.45) is 2.22. The van der Waals surface area contributed by atoms with Crippen molar-refractivity contribution in [1.82, 2.24) is 10.3 Å². The van der Waals surface area contributed by atoms with Crippen molar-refractivity contribution in [2.45, 2.75) is 19.8 Å². The molecule has 5 heteroatoms. The van der Waals surface area contributed by atoms with E-state index in [1.165, 1.54) is 14.8 Å². The molecule has 0 fully saturated rings. The van der Waals surface area contributed by atoms with Crippen molar-refractivity contribution >= 4 is 43.0 Å². The van der Waals surface area contributed by atoms with Crippen LogP contribution in [0.2, 0.25) is 0 Å². The number of rotatable bonds is 6. The molecule has 0 saturated carbocycles. The van der Waals surface area contributed by atoms with Crippen LogP contribution in [0.3, 0.4) is 0 Å². The molecule has 0 spiro atoms. The third kappa shape index (κ3) is 2.66. The predicted octanol–water partition coefficient (Wildman–Crippen LogP) is 4.20. The average molecular weight is 306 g/mol. The minimum atomic E-state index is 0.774. The number of nitrogens with one attached hydrogen (secondary N) is 1. The van der Waals surface area contributed by atoms with Gasteiger partial charge in [0.15, 0.2) is 0 Å². The molecule has 3 nitrogen and oxygen atoms in total. The summed E-state index contributed by atoms with van der Waals surface area (Å²) < 4.78 is 8.47. The minimum absolute atomic E-state index is 0.774. The van der Waals surface area contributed by atoms with E-state index in [1.807, 2.05) is 7.05 Å². The summed E-state index contributed by atoms with van der Waals surface area (Å²) in [6, 6.07) is 4.28. The van der Waals surface area contributed by atoms with Crippen molar-refractivity contribution < 1.29 is 4.74 Å². The molecule has 1 N–H and O–H groups in total. The molecule has 3 aromatic rings. The molecule has 20 heavy (non-hydrogen) atoms. The Hall–Kier alpha value is -1.17. The third-order valence-electron chi connectivity index (χ3n) is 3.25. The van der Waals surface area contributed by atoms with Gasteiger partial charge in [0, 0.05) is 11.5 Å². The highest BCUT2D eigenvalue weighted by Crippen LogP contribution is 2.38. The first-order chi connectivity index (χ1) is 9.79. The number of nitrogens with zero attached hydrogens (tertiary/aromatic N) is 1. The zero-order valence-corrected chi connectivity index (χ0v) is 13.4. The Bertz CT molecular complexity index is 717. The number of hydrogen-bond acceptors (Lipinski definition) is 5. The van der Waals surface area contributed by atoms with E-state index >= 15 is 0 Å². The molecule has 0 aliphatic heterocycles. The molecule has 2 aromatic heterocycles. The lowest BCUT2D eigenvalue weighted by Crippen LogP contribution is -2.09. The molecule has 1 aromatic carbocycles. The van der Waals surface area contributed by atoms with Crippen molar-refractivity contribution in [3.63, 3.8) is 0 Å². The largest absolute Gasteiger partial charge is 0.493 e. The Morgan fingerprint density at radius 3 is 3.10 bits per heavy atom. The van der Waals surface area contributed by atoms with Crippen molar-refractivity contribution in [2.75, 3.05) is 20.2 Å². The van der Waals surface area contributed by atoms with Gasteiger partial charge in [0.1, 0.15) is 5.75 Å². The number of thiazole rings is 1. The molecule has 3 rings (SSSR count). The molecular formula is C15H18N2OS2. The lowest BCUT2D eigenvalue weighted by molar-refractivity contribution is 0.310. The van der Waals surface area contributed by atoms with Crippen LogP contribution in [0, 0.1) is 6.92 Å². The van der Waals surface area contributed by atoms with Crippen LogP contribution in [0.1, 0.15) is 17.8 Å². The molecule has 106 valence electrons. The Morgan fingerprint density at radius 1 is 1.35 bits per heavy atom. The van der Waals surface area contributed by atoms with Gasteiger partial charge in [-0.25, -0.2) is 4.98 Å². The molecule has 0 radical (unpaired) electrons. The van der Waals surface area contributed by atoms with Crippen molar-refractivity contribution in [3.05, 3.63) is 22.5 Å². The molecule has 0 atom stereocenters. The van der Waals surface area contributed by atoms with Crippen molar-refractivity contribution in [2.24, 2.45) is 0 Å². The topological polar surface area (TPSA) is 34.1 Å². The van der Waals surface area contributed by atoms with Crippen LogP contribution in [0.15, 0.2) is 17.5 Å². The zero-order chi connectivity index (χ0) is 13.9. The van der Waals surface area contributed by atoms with Crippen molar-refractivity contribution in [1.29, 1.82) is 0 Å². The Balaban J connectivity index is 1.86. The van der Waals surface area contributed by atoms with Gasteiger partial charge >= 0.3 is 0 Å². The lowest BCUT2D eigenvalue weighted by Gasteiger charge is -2.07. The van der Waals surface area contributed by atoms with Gasteiger partial charge in [0.25, 0.3) is 0 Å². The molecule has 0 saturated heterocycles. The zero-order valence-electron chi connectivity index (χ0n) is 11.7. The first kappa shape index (κ1) is 13.8. The fourth-order valence-corrected chi connectivity index (χ4v) is 4.13. The second-order valence-electron chi connectivity index (χ2n) is 4.78. The number of aromatic nitrogens is 1. The summed E-state index contributed by atoms with van der Waals surface area (Å²) in [6.45, 7) is 3.88. The number of thiophene rings is 1. The van der Waals surface area contributed by atoms with E-state index < -0.39 is 0 Å². The van der Waals surface area contributed by atoms with Gasteiger partial charge in [-0.05, 0) is 44.8 Å². The second-order valence-corrected chi connectivity index (χ2v) is 6.93. The lowest BCUT2D eigenvalue weighted by atomic mass is 10.2. The van der Waals surface area contributed by atoms with E-state index in [1.54, 1.807) is 22.7 Å². The summed E-state index contributed by atoms with van der Waals surface area (Å²) in [7, 11) is 1.98. The van der Waals surface area contributed by atoms with Crippen molar-refractivity contribution in [3.8, 4) is 5.75 Å². The fraction of sp³-hybridized carbons (Fsp3) is 0.400. The van der Waals surface area contributed by atoms with Gasteiger partial charge < -0.3 is 10.1 Å². The normalized spacial score (nSPS) is 11.5. The number of aryl methyl sites for hydroxylation is 1. The smallest absolute Gasteiger partial charge is 0.129 e. The monoisotopic (exact) mass is 306 g/mol. The summed E-state index contributed by atoms with van der Waals surface area (Å²) in [5.41, 5.74) is 1.13. The van der Waals surface area contributed by atoms with Crippen LogP contribution in [-0.4, -0.2) is 25.2 Å². The maximum absolute atomic E-state index is 6.00. The van der Waals surface area contributed by atoms with E-state index in [4.69, 9.17) is 4.74 Å². The summed E-state index contributed by atoms with van der Waals surface area (Å²) in [4.78, 5) is 4.64. The highest BCUT2D eigenvalue weighted by Gasteiger charge is 2.12. The molecule has 2 heterocycles. The number of hydrogen-bond donors (Lipinski definition) is 1. The summed E-state index contributed by atoms with van der Waals surface area (Å²) in [5, 5.41) is 7.58. The average Bonchev–Trinajstić information content (AvgIpc) is 3.03. The van der Waals surface area contributed by atoms with Gasteiger partial charge in [-0.3, -0.25) is 0 Å². The molecule has 0 aliphatic carbocycles. The fourth-order valence-electron chi connectivity index (χ4n) is 2.29. The predicted molar refractivity (Wildman–Crippen MR) is 88.4 cm³/mol. The van der Waals surface area contributed by atoms with Crippen LogP contribution < -0.4 is 10.1 Å². The molecular weight excluding hydrogens is 288 g/mol. The summed E-state index contributed by atoms with van der Waals surface area (Å²) in [5.74, 6) is 1.00. The maximum atomic E-state index is 6.00. The van der Waals surface area contributed by atoms with Gasteiger partial charge in [0.2, 0.25) is 0 Å². The second kappa shape index (κ2) is 6.08. The van der Waals surface area contributed by atoms with Crippen LogP contribution in [0.5, 0.6) is 5.75 Å². The highest BCUT2D eigenvalue weighted by atomic mass is 32.1. The first-order valence-electron chi connectivity index (χ1n) is 6.84. The molecule has 0 aliphatic rings. The molecule has 0 unspecified atom stereocenters. The van der Waals surface area contributed by atoms with Gasteiger partial charge in [-0.15, -0.1) is 22.7 Å². The Morgan fingerprint density at radius 2 is 2.25 bits per heavy atom. The third-order valence-corrected chi connectivity index (χ3v) is 5.09. The van der Waals surface area contributed by atoms with Crippen LogP contribution in [-0.2, 0) is 0 Å². The number of benzene rings is 1. The van der Waals surface area contributed by atoms with Crippen LogP contribution >= 0.6 is 22.7 Å². The van der Waals surface area contributed by atoms with Crippen LogP contribution in [0.4, 0.5) is 0 Å². The highest BCUT2D eigenvalue weighted by molar-refractivity contribution is 7.21. The van der Waals surface area contributed by atoms with E-state index in [9.17, 15) is 0 Å². The van der Waals surface area contributed by atoms with Crippen LogP contribution in [0.25, 0.3) is 20.3 Å². The van der Waals surface area contributed by atoms with Gasteiger partial charge in [-0.2, -0.15) is 0 Å². The Labute approximate surface area is 126 Å². The Kier molecular flexibility index (Phi) is 4.19. The SMILES string of the molecule is CNCCCCOc1cc2sc(C)nc2c2sccc12. The van der Waals surface area contributed by atoms with E-state index in [0.717, 1.165) is 42.3 Å². The first-order valence-corrected chi connectivity index (χ1v) is 8.54. The van der Waals surface area contributed by atoms with Gasteiger partial charge in [0.05, 0.1) is 26.5 Å². The van der Waals surface area contributed by atoms with Gasteiger partial charge in [-0.1, -0.05) is 0 Å². The van der Waals surface area contributed by atoms with E-state index in [2.05, 4.69) is 34.7 Å². The maximum Gasteiger partial charge on any atom is 0.129 e. The summed E-state index contributed by atoms with van der Waals surface area (Å²) >= 11 is 3.48.